The second-order valence-electron chi connectivity index (χ2n) is 8.38. The van der Waals surface area contributed by atoms with Crippen molar-refractivity contribution < 1.29 is 19.0 Å². The Kier molecular flexibility index (Phi) is 7.70. The predicted molar refractivity (Wildman–Crippen MR) is 134 cm³/mol. The summed E-state index contributed by atoms with van der Waals surface area (Å²) >= 11 is 0. The summed E-state index contributed by atoms with van der Waals surface area (Å²) in [7, 11) is 4.90. The molecule has 3 aromatic carbocycles. The lowest BCUT2D eigenvalue weighted by molar-refractivity contribution is 0.0958. The molecule has 0 saturated carbocycles. The molecule has 0 radical (unpaired) electrons. The number of methoxy groups -OCH3 is 3. The van der Waals surface area contributed by atoms with E-state index in [-0.39, 0.29) is 11.9 Å². The SMILES string of the molecule is COc1ccc(CN2CCC(N(C(=O)c3ccccc3)c3ccccc3)CC2)c(OC)c1OC. The highest BCUT2D eigenvalue weighted by atomic mass is 16.5. The fourth-order valence-electron chi connectivity index (χ4n) is 4.67. The van der Waals surface area contributed by atoms with E-state index in [9.17, 15) is 4.79 Å². The number of carbonyl (C=O) groups is 1. The Morgan fingerprint density at radius 1 is 0.824 bits per heavy atom. The van der Waals surface area contributed by atoms with Gasteiger partial charge in [0.2, 0.25) is 5.75 Å². The van der Waals surface area contributed by atoms with Crippen LogP contribution < -0.4 is 19.1 Å². The lowest BCUT2D eigenvalue weighted by atomic mass is 10.00. The highest BCUT2D eigenvalue weighted by Crippen LogP contribution is 2.40. The minimum Gasteiger partial charge on any atom is -0.493 e. The normalized spacial score (nSPS) is 14.4. The third-order valence-electron chi connectivity index (χ3n) is 6.38. The molecule has 0 aromatic heterocycles. The van der Waals surface area contributed by atoms with Crippen LogP contribution >= 0.6 is 0 Å². The average molecular weight is 461 g/mol. The summed E-state index contributed by atoms with van der Waals surface area (Å²) in [5.41, 5.74) is 2.71. The number of hydrogen-bond donors (Lipinski definition) is 0. The first-order valence-electron chi connectivity index (χ1n) is 11.6. The first-order chi connectivity index (χ1) is 16.7. The molecule has 0 unspecified atom stereocenters. The minimum atomic E-state index is 0.0480. The van der Waals surface area contributed by atoms with Crippen molar-refractivity contribution in [1.82, 2.24) is 4.90 Å². The van der Waals surface area contributed by atoms with Crippen molar-refractivity contribution in [3.05, 3.63) is 83.9 Å². The van der Waals surface area contributed by atoms with E-state index in [0.29, 0.717) is 22.8 Å². The Balaban J connectivity index is 1.50. The number of ether oxygens (including phenoxy) is 3. The van der Waals surface area contributed by atoms with Crippen LogP contribution in [0.2, 0.25) is 0 Å². The van der Waals surface area contributed by atoms with Gasteiger partial charge in [-0.15, -0.1) is 0 Å². The molecule has 1 heterocycles. The Hall–Kier alpha value is -3.51. The van der Waals surface area contributed by atoms with Crippen LogP contribution in [0.1, 0.15) is 28.8 Å². The number of hydrogen-bond acceptors (Lipinski definition) is 5. The van der Waals surface area contributed by atoms with Crippen LogP contribution in [0, 0.1) is 0 Å². The Bertz CT molecular complexity index is 1080. The fourth-order valence-corrected chi connectivity index (χ4v) is 4.67. The van der Waals surface area contributed by atoms with Crippen LogP contribution in [0.15, 0.2) is 72.8 Å². The largest absolute Gasteiger partial charge is 0.493 e. The lowest BCUT2D eigenvalue weighted by Crippen LogP contribution is -2.47. The van der Waals surface area contributed by atoms with Crippen molar-refractivity contribution >= 4 is 11.6 Å². The summed E-state index contributed by atoms with van der Waals surface area (Å²) in [6.07, 6.45) is 1.78. The third kappa shape index (κ3) is 5.02. The van der Waals surface area contributed by atoms with Crippen LogP contribution in [0.3, 0.4) is 0 Å². The van der Waals surface area contributed by atoms with Crippen molar-refractivity contribution in [2.75, 3.05) is 39.3 Å². The van der Waals surface area contributed by atoms with Crippen LogP contribution in [0.25, 0.3) is 0 Å². The second kappa shape index (κ2) is 11.1. The van der Waals surface area contributed by atoms with Gasteiger partial charge in [-0.05, 0) is 43.2 Å². The zero-order valence-electron chi connectivity index (χ0n) is 20.1. The highest BCUT2D eigenvalue weighted by Gasteiger charge is 2.30. The Morgan fingerprint density at radius 2 is 1.44 bits per heavy atom. The summed E-state index contributed by atoms with van der Waals surface area (Å²) in [5.74, 6) is 2.02. The topological polar surface area (TPSA) is 51.2 Å². The van der Waals surface area contributed by atoms with E-state index in [0.717, 1.165) is 43.7 Å². The molecule has 0 aliphatic carbocycles. The van der Waals surface area contributed by atoms with E-state index in [1.807, 2.05) is 77.7 Å². The van der Waals surface area contributed by atoms with E-state index >= 15 is 0 Å². The van der Waals surface area contributed by atoms with Crippen LogP contribution in [-0.2, 0) is 6.54 Å². The average Bonchev–Trinajstić information content (AvgIpc) is 2.90. The number of para-hydroxylation sites is 1. The molecule has 0 bridgehead atoms. The lowest BCUT2D eigenvalue weighted by Gasteiger charge is -2.39. The molecule has 0 spiro atoms. The molecule has 1 amide bonds. The van der Waals surface area contributed by atoms with Crippen molar-refractivity contribution in [3.63, 3.8) is 0 Å². The Morgan fingerprint density at radius 3 is 2.03 bits per heavy atom. The van der Waals surface area contributed by atoms with E-state index in [4.69, 9.17) is 14.2 Å². The van der Waals surface area contributed by atoms with Gasteiger partial charge in [0.25, 0.3) is 5.91 Å². The number of carbonyl (C=O) groups excluding carboxylic acids is 1. The zero-order valence-corrected chi connectivity index (χ0v) is 20.1. The summed E-state index contributed by atoms with van der Waals surface area (Å²) < 4.78 is 16.6. The first kappa shape index (κ1) is 23.6. The predicted octanol–water partition coefficient (Wildman–Crippen LogP) is 5.02. The van der Waals surface area contributed by atoms with Gasteiger partial charge in [-0.2, -0.15) is 0 Å². The number of piperidine rings is 1. The van der Waals surface area contributed by atoms with Gasteiger partial charge in [0.15, 0.2) is 11.5 Å². The van der Waals surface area contributed by atoms with Gasteiger partial charge in [0.05, 0.1) is 21.3 Å². The van der Waals surface area contributed by atoms with Gasteiger partial charge < -0.3 is 19.1 Å². The zero-order chi connectivity index (χ0) is 23.9. The van der Waals surface area contributed by atoms with E-state index in [1.165, 1.54) is 0 Å². The maximum absolute atomic E-state index is 13.5. The van der Waals surface area contributed by atoms with Gasteiger partial charge in [-0.1, -0.05) is 42.5 Å². The molecule has 3 aromatic rings. The smallest absolute Gasteiger partial charge is 0.258 e. The quantitative estimate of drug-likeness (QED) is 0.472. The number of likely N-dealkylation sites (tertiary alicyclic amines) is 1. The number of anilines is 1. The van der Waals surface area contributed by atoms with Crippen LogP contribution in [0.4, 0.5) is 5.69 Å². The van der Waals surface area contributed by atoms with Crippen molar-refractivity contribution in [3.8, 4) is 17.2 Å². The summed E-state index contributed by atoms with van der Waals surface area (Å²) in [6.45, 7) is 2.51. The van der Waals surface area contributed by atoms with Gasteiger partial charge in [0.1, 0.15) is 0 Å². The minimum absolute atomic E-state index is 0.0480. The van der Waals surface area contributed by atoms with Gasteiger partial charge in [0, 0.05) is 42.5 Å². The van der Waals surface area contributed by atoms with Crippen LogP contribution in [-0.4, -0.2) is 51.3 Å². The second-order valence-corrected chi connectivity index (χ2v) is 8.38. The molecular formula is C28H32N2O4. The summed E-state index contributed by atoms with van der Waals surface area (Å²) in [4.78, 5) is 17.9. The maximum atomic E-state index is 13.5. The summed E-state index contributed by atoms with van der Waals surface area (Å²) in [6, 6.07) is 23.6. The third-order valence-corrected chi connectivity index (χ3v) is 6.38. The van der Waals surface area contributed by atoms with E-state index in [2.05, 4.69) is 4.90 Å². The molecule has 4 rings (SSSR count). The number of benzene rings is 3. The molecule has 0 atom stereocenters. The van der Waals surface area contributed by atoms with Crippen molar-refractivity contribution in [2.24, 2.45) is 0 Å². The Labute approximate surface area is 201 Å². The van der Waals surface area contributed by atoms with E-state index < -0.39 is 0 Å². The number of amides is 1. The van der Waals surface area contributed by atoms with Crippen LogP contribution in [0.5, 0.6) is 17.2 Å². The van der Waals surface area contributed by atoms with Crippen molar-refractivity contribution in [2.45, 2.75) is 25.4 Å². The standard InChI is InChI=1S/C28H32N2O4/c1-32-25-15-14-22(26(33-2)27(25)34-3)20-29-18-16-24(17-19-29)30(23-12-8-5-9-13-23)28(31)21-10-6-4-7-11-21/h4-15,24H,16-20H2,1-3H3. The van der Waals surface area contributed by atoms with Gasteiger partial charge in [-0.25, -0.2) is 0 Å². The molecule has 1 saturated heterocycles. The molecule has 1 aliphatic heterocycles. The molecule has 6 nitrogen and oxygen atoms in total. The molecule has 1 aliphatic rings. The number of nitrogens with zero attached hydrogens (tertiary/aromatic N) is 2. The first-order valence-corrected chi connectivity index (χ1v) is 11.6. The molecular weight excluding hydrogens is 428 g/mol. The highest BCUT2D eigenvalue weighted by molar-refractivity contribution is 6.06. The monoisotopic (exact) mass is 460 g/mol. The van der Waals surface area contributed by atoms with Crippen molar-refractivity contribution in [1.29, 1.82) is 0 Å². The van der Waals surface area contributed by atoms with E-state index in [1.54, 1.807) is 21.3 Å². The molecule has 6 heteroatoms. The molecule has 1 fully saturated rings. The number of rotatable bonds is 8. The summed E-state index contributed by atoms with van der Waals surface area (Å²) in [5, 5.41) is 0. The maximum Gasteiger partial charge on any atom is 0.258 e. The molecule has 178 valence electrons. The van der Waals surface area contributed by atoms with Gasteiger partial charge >= 0.3 is 0 Å². The molecule has 34 heavy (non-hydrogen) atoms. The van der Waals surface area contributed by atoms with Gasteiger partial charge in [-0.3, -0.25) is 9.69 Å². The molecule has 0 N–H and O–H groups in total. The fraction of sp³-hybridized carbons (Fsp3) is 0.321.